The number of nitrogens with two attached hydrogens (primary N) is 1. The van der Waals surface area contributed by atoms with Gasteiger partial charge in [0.2, 0.25) is 5.91 Å². The van der Waals surface area contributed by atoms with Crippen molar-refractivity contribution in [2.75, 3.05) is 0 Å². The van der Waals surface area contributed by atoms with E-state index >= 15 is 0 Å². The number of amides is 1. The summed E-state index contributed by atoms with van der Waals surface area (Å²) in [5, 5.41) is 3.65. The Bertz CT molecular complexity index is 495. The second-order valence-corrected chi connectivity index (χ2v) is 6.11. The van der Waals surface area contributed by atoms with E-state index in [4.69, 9.17) is 17.3 Å². The fourth-order valence-corrected chi connectivity index (χ4v) is 2.52. The number of benzene rings is 1. The molecule has 0 aliphatic heterocycles. The van der Waals surface area contributed by atoms with Crippen molar-refractivity contribution in [3.05, 3.63) is 34.3 Å². The molecule has 2 aliphatic carbocycles. The lowest BCUT2D eigenvalue weighted by molar-refractivity contribution is -0.122. The zero-order valence-electron chi connectivity index (χ0n) is 10.9. The zero-order chi connectivity index (χ0) is 13.4. The Kier molecular flexibility index (Phi) is 3.50. The summed E-state index contributed by atoms with van der Waals surface area (Å²) in [5.41, 5.74) is 8.29. The van der Waals surface area contributed by atoms with Gasteiger partial charge >= 0.3 is 0 Å². The fraction of sp³-hybridized carbons (Fsp3) is 0.533. The summed E-state index contributed by atoms with van der Waals surface area (Å²) in [7, 11) is 0. The van der Waals surface area contributed by atoms with E-state index in [-0.39, 0.29) is 17.9 Å². The van der Waals surface area contributed by atoms with Crippen LogP contribution in [0, 0.1) is 11.8 Å². The number of hydrogen-bond donors (Lipinski definition) is 2. The van der Waals surface area contributed by atoms with Gasteiger partial charge in [0.05, 0.1) is 0 Å². The van der Waals surface area contributed by atoms with E-state index in [0.29, 0.717) is 17.5 Å². The first-order valence-electron chi connectivity index (χ1n) is 6.97. The fourth-order valence-electron chi connectivity index (χ4n) is 2.34. The van der Waals surface area contributed by atoms with Gasteiger partial charge in [-0.2, -0.15) is 0 Å². The summed E-state index contributed by atoms with van der Waals surface area (Å²) >= 11 is 6.18. The Hall–Kier alpha value is -1.06. The van der Waals surface area contributed by atoms with E-state index in [1.165, 1.54) is 12.8 Å². The Morgan fingerprint density at radius 1 is 1.37 bits per heavy atom. The van der Waals surface area contributed by atoms with Gasteiger partial charge in [0, 0.05) is 23.5 Å². The van der Waals surface area contributed by atoms with Crippen LogP contribution < -0.4 is 11.1 Å². The molecule has 1 amide bonds. The molecule has 2 aliphatic rings. The Balaban J connectivity index is 1.68. The second-order valence-electron chi connectivity index (χ2n) is 5.71. The smallest absolute Gasteiger partial charge is 0.223 e. The first-order chi connectivity index (χ1) is 9.15. The summed E-state index contributed by atoms with van der Waals surface area (Å²) in [6.07, 6.45) is 4.48. The van der Waals surface area contributed by atoms with Gasteiger partial charge in [-0.25, -0.2) is 0 Å². The molecule has 0 bridgehead atoms. The van der Waals surface area contributed by atoms with Crippen LogP contribution >= 0.6 is 11.6 Å². The van der Waals surface area contributed by atoms with Crippen LogP contribution in [0.25, 0.3) is 0 Å². The highest BCUT2D eigenvalue weighted by molar-refractivity contribution is 6.31. The van der Waals surface area contributed by atoms with Gasteiger partial charge < -0.3 is 11.1 Å². The molecule has 0 aromatic heterocycles. The monoisotopic (exact) mass is 278 g/mol. The third-order valence-electron chi connectivity index (χ3n) is 3.99. The van der Waals surface area contributed by atoms with Gasteiger partial charge in [-0.1, -0.05) is 23.7 Å². The van der Waals surface area contributed by atoms with Gasteiger partial charge in [-0.15, -0.1) is 0 Å². The molecule has 1 unspecified atom stereocenters. The maximum Gasteiger partial charge on any atom is 0.223 e. The molecule has 1 aromatic rings. The molecular weight excluding hydrogens is 260 g/mol. The SMILES string of the molecule is NC(c1ccc(Cl)c(CNC(=O)C2CC2)c1)C1CC1. The standard InChI is InChI=1S/C15H19ClN2O/c16-13-6-5-11(14(17)9-1-2-9)7-12(13)8-18-15(19)10-3-4-10/h5-7,9-10,14H,1-4,8,17H2,(H,18,19). The van der Waals surface area contributed by atoms with Crippen LogP contribution in [0.3, 0.4) is 0 Å². The molecule has 4 heteroatoms. The minimum absolute atomic E-state index is 0.107. The van der Waals surface area contributed by atoms with E-state index in [1.807, 2.05) is 18.2 Å². The van der Waals surface area contributed by atoms with Crippen molar-refractivity contribution >= 4 is 17.5 Å². The number of hydrogen-bond acceptors (Lipinski definition) is 2. The van der Waals surface area contributed by atoms with Crippen molar-refractivity contribution in [3.8, 4) is 0 Å². The molecule has 1 atom stereocenters. The lowest BCUT2D eigenvalue weighted by Gasteiger charge is -2.14. The zero-order valence-corrected chi connectivity index (χ0v) is 11.6. The predicted molar refractivity (Wildman–Crippen MR) is 75.7 cm³/mol. The molecule has 19 heavy (non-hydrogen) atoms. The number of rotatable bonds is 5. The number of halogens is 1. The quantitative estimate of drug-likeness (QED) is 0.870. The molecule has 102 valence electrons. The van der Waals surface area contributed by atoms with Crippen molar-refractivity contribution in [3.63, 3.8) is 0 Å². The van der Waals surface area contributed by atoms with Crippen LogP contribution in [0.1, 0.15) is 42.9 Å². The van der Waals surface area contributed by atoms with Crippen LogP contribution in [0.2, 0.25) is 5.02 Å². The van der Waals surface area contributed by atoms with Crippen LogP contribution in [0.4, 0.5) is 0 Å². The molecular formula is C15H19ClN2O. The number of carbonyl (C=O) groups excluding carboxylic acids is 1. The Labute approximate surface area is 118 Å². The predicted octanol–water partition coefficient (Wildman–Crippen LogP) is 2.78. The Morgan fingerprint density at radius 2 is 2.11 bits per heavy atom. The third kappa shape index (κ3) is 3.10. The minimum Gasteiger partial charge on any atom is -0.352 e. The summed E-state index contributed by atoms with van der Waals surface area (Å²) in [6, 6.07) is 6.03. The topological polar surface area (TPSA) is 55.1 Å². The first kappa shape index (κ1) is 12.9. The second kappa shape index (κ2) is 5.14. The lowest BCUT2D eigenvalue weighted by Crippen LogP contribution is -2.24. The highest BCUT2D eigenvalue weighted by Crippen LogP contribution is 2.40. The Morgan fingerprint density at radius 3 is 2.74 bits per heavy atom. The van der Waals surface area contributed by atoms with Crippen molar-refractivity contribution in [2.45, 2.75) is 38.3 Å². The summed E-state index contributed by atoms with van der Waals surface area (Å²) in [6.45, 7) is 0.499. The number of carbonyl (C=O) groups is 1. The maximum atomic E-state index is 11.6. The average Bonchev–Trinajstić information content (AvgIpc) is 3.29. The van der Waals surface area contributed by atoms with Gasteiger partial charge in [0.1, 0.15) is 0 Å². The molecule has 1 aromatic carbocycles. The van der Waals surface area contributed by atoms with Crippen molar-refractivity contribution < 1.29 is 4.79 Å². The highest BCUT2D eigenvalue weighted by Gasteiger charge is 2.30. The van der Waals surface area contributed by atoms with Crippen molar-refractivity contribution in [1.29, 1.82) is 0 Å². The molecule has 3 rings (SSSR count). The van der Waals surface area contributed by atoms with Crippen LogP contribution in [-0.4, -0.2) is 5.91 Å². The number of nitrogens with one attached hydrogen (secondary N) is 1. The highest BCUT2D eigenvalue weighted by atomic mass is 35.5. The van der Waals surface area contributed by atoms with Gasteiger partial charge in [-0.05, 0) is 48.8 Å². The van der Waals surface area contributed by atoms with Crippen LogP contribution in [0.15, 0.2) is 18.2 Å². The van der Waals surface area contributed by atoms with Crippen molar-refractivity contribution in [2.24, 2.45) is 17.6 Å². The van der Waals surface area contributed by atoms with E-state index in [1.54, 1.807) is 0 Å². The van der Waals surface area contributed by atoms with Gasteiger partial charge in [0.25, 0.3) is 0 Å². The maximum absolute atomic E-state index is 11.6. The summed E-state index contributed by atoms with van der Waals surface area (Å²) in [5.74, 6) is 0.999. The molecule has 0 heterocycles. The van der Waals surface area contributed by atoms with E-state index in [2.05, 4.69) is 5.32 Å². The lowest BCUT2D eigenvalue weighted by atomic mass is 10.0. The van der Waals surface area contributed by atoms with Gasteiger partial charge in [0.15, 0.2) is 0 Å². The van der Waals surface area contributed by atoms with Crippen LogP contribution in [0.5, 0.6) is 0 Å². The van der Waals surface area contributed by atoms with E-state index in [9.17, 15) is 4.79 Å². The molecule has 2 saturated carbocycles. The third-order valence-corrected chi connectivity index (χ3v) is 4.35. The summed E-state index contributed by atoms with van der Waals surface area (Å²) < 4.78 is 0. The van der Waals surface area contributed by atoms with Crippen molar-refractivity contribution in [1.82, 2.24) is 5.32 Å². The largest absolute Gasteiger partial charge is 0.352 e. The average molecular weight is 279 g/mol. The molecule has 2 fully saturated rings. The van der Waals surface area contributed by atoms with Gasteiger partial charge in [-0.3, -0.25) is 4.79 Å². The van der Waals surface area contributed by atoms with E-state index < -0.39 is 0 Å². The normalized spacial score (nSPS) is 20.1. The first-order valence-corrected chi connectivity index (χ1v) is 7.34. The van der Waals surface area contributed by atoms with E-state index in [0.717, 1.165) is 24.0 Å². The minimum atomic E-state index is 0.107. The molecule has 3 nitrogen and oxygen atoms in total. The molecule has 3 N–H and O–H groups in total. The van der Waals surface area contributed by atoms with Crippen LogP contribution in [-0.2, 0) is 11.3 Å². The molecule has 0 radical (unpaired) electrons. The summed E-state index contributed by atoms with van der Waals surface area (Å²) in [4.78, 5) is 11.6. The molecule has 0 saturated heterocycles. The molecule has 0 spiro atoms.